The normalized spacial score (nSPS) is 23.6. The maximum Gasteiger partial charge on any atom is 0.399 e. The summed E-state index contributed by atoms with van der Waals surface area (Å²) in [6.07, 6.45) is 4.02. The smallest absolute Gasteiger partial charge is 0.340 e. The summed E-state index contributed by atoms with van der Waals surface area (Å²) in [5.41, 5.74) is -4.17. The van der Waals surface area contributed by atoms with E-state index in [4.69, 9.17) is 9.79 Å². The molecule has 6 rings (SSSR count). The number of benzene rings is 2. The summed E-state index contributed by atoms with van der Waals surface area (Å²) < 4.78 is 40.5. The number of hydrogen-bond donors (Lipinski definition) is 3. The zero-order valence-electron chi connectivity index (χ0n) is 26.3. The third kappa shape index (κ3) is 6.63. The Kier molecular flexibility index (Phi) is 9.47. The number of carbonyl (C=O) groups excluding carboxylic acids is 4. The van der Waals surface area contributed by atoms with Gasteiger partial charge in [0.15, 0.2) is 0 Å². The summed E-state index contributed by atoms with van der Waals surface area (Å²) in [5.74, 6) is -1.50. The Bertz CT molecular complexity index is 1780. The molecule has 0 radical (unpaired) electrons. The number of carbonyl (C=O) groups is 4. The Morgan fingerprint density at radius 1 is 1.02 bits per heavy atom. The first-order chi connectivity index (χ1) is 22.7. The third-order valence-corrected chi connectivity index (χ3v) is 11.8. The second kappa shape index (κ2) is 13.3. The Labute approximate surface area is 280 Å². The average molecular weight is 703 g/mol. The molecule has 3 aliphatic heterocycles. The number of alkyl halides is 2. The number of nitrogens with zero attached hydrogens (tertiary/aromatic N) is 3. The lowest BCUT2D eigenvalue weighted by Gasteiger charge is -2.39. The van der Waals surface area contributed by atoms with Crippen molar-refractivity contribution in [2.75, 3.05) is 19.6 Å². The van der Waals surface area contributed by atoms with Crippen LogP contribution in [0.2, 0.25) is 0 Å². The van der Waals surface area contributed by atoms with Crippen LogP contribution in [0.5, 0.6) is 0 Å². The van der Waals surface area contributed by atoms with Crippen LogP contribution in [-0.4, -0.2) is 91.9 Å². The lowest BCUT2D eigenvalue weighted by atomic mass is 10.0. The molecule has 1 aromatic heterocycles. The van der Waals surface area contributed by atoms with Crippen LogP contribution < -0.4 is 5.32 Å². The highest BCUT2D eigenvalue weighted by atomic mass is 32.1. The predicted octanol–water partition coefficient (Wildman–Crippen LogP) is 4.07. The number of thiophene rings is 1. The van der Waals surface area contributed by atoms with Gasteiger partial charge in [0, 0.05) is 48.9 Å². The lowest BCUT2D eigenvalue weighted by Crippen LogP contribution is -2.61. The maximum absolute atomic E-state index is 14.4. The van der Waals surface area contributed by atoms with Gasteiger partial charge in [0.2, 0.25) is 17.7 Å². The van der Waals surface area contributed by atoms with Gasteiger partial charge in [-0.05, 0) is 67.7 Å². The minimum absolute atomic E-state index is 0.0163. The van der Waals surface area contributed by atoms with Crippen molar-refractivity contribution in [1.29, 1.82) is 0 Å². The second-order valence-electron chi connectivity index (χ2n) is 12.7. The minimum Gasteiger partial charge on any atom is -0.340 e. The fraction of sp³-hybridized carbons (Fsp3) is 0.455. The SMILES string of the molecule is CC(=O)N1CC[C@H]2CC[C@@H](C(=O)N3CCC[C@H]3Cc3ccccc3)N2C(=O)[C@@H](NC(=O)c2cc3cc(C(F)(F)P(=O)(O)O)ccc3s2)C1. The molecule has 0 bridgehead atoms. The van der Waals surface area contributed by atoms with Gasteiger partial charge in [-0.1, -0.05) is 36.4 Å². The highest BCUT2D eigenvalue weighted by Gasteiger charge is 2.51. The van der Waals surface area contributed by atoms with Gasteiger partial charge in [0.1, 0.15) is 12.1 Å². The molecule has 3 saturated heterocycles. The molecule has 4 amide bonds. The first-order valence-corrected chi connectivity index (χ1v) is 18.4. The van der Waals surface area contributed by atoms with Gasteiger partial charge in [-0.15, -0.1) is 11.3 Å². The fourth-order valence-corrected chi connectivity index (χ4v) is 8.59. The van der Waals surface area contributed by atoms with E-state index >= 15 is 0 Å². The molecule has 48 heavy (non-hydrogen) atoms. The monoisotopic (exact) mass is 702 g/mol. The molecular weight excluding hydrogens is 665 g/mol. The van der Waals surface area contributed by atoms with Crippen LogP contribution in [0.15, 0.2) is 54.6 Å². The van der Waals surface area contributed by atoms with Crippen molar-refractivity contribution in [2.45, 2.75) is 75.3 Å². The topological polar surface area (TPSA) is 148 Å². The van der Waals surface area contributed by atoms with Crippen LogP contribution in [0.4, 0.5) is 8.78 Å². The number of halogens is 2. The van der Waals surface area contributed by atoms with Gasteiger partial charge in [-0.25, -0.2) is 0 Å². The molecule has 0 aliphatic carbocycles. The van der Waals surface area contributed by atoms with Crippen LogP contribution >= 0.6 is 18.9 Å². The van der Waals surface area contributed by atoms with Crippen molar-refractivity contribution in [3.8, 4) is 0 Å². The Morgan fingerprint density at radius 2 is 1.77 bits per heavy atom. The van der Waals surface area contributed by atoms with E-state index in [9.17, 15) is 32.5 Å². The number of fused-ring (bicyclic) bond motifs is 2. The van der Waals surface area contributed by atoms with Crippen molar-refractivity contribution in [2.24, 2.45) is 0 Å². The molecular formula is C33H37F2N4O7PS. The largest absolute Gasteiger partial charge is 0.399 e. The summed E-state index contributed by atoms with van der Waals surface area (Å²) in [6.45, 7) is 2.23. The summed E-state index contributed by atoms with van der Waals surface area (Å²) in [5, 5.41) is 2.91. The molecule has 11 nitrogen and oxygen atoms in total. The summed E-state index contributed by atoms with van der Waals surface area (Å²) in [6, 6.07) is 12.2. The summed E-state index contributed by atoms with van der Waals surface area (Å²) in [7, 11) is -5.79. The quantitative estimate of drug-likeness (QED) is 0.315. The molecule has 3 aliphatic rings. The van der Waals surface area contributed by atoms with E-state index in [1.54, 1.807) is 4.90 Å². The highest BCUT2D eigenvalue weighted by molar-refractivity contribution is 7.52. The van der Waals surface area contributed by atoms with E-state index in [0.29, 0.717) is 37.1 Å². The van der Waals surface area contributed by atoms with Crippen molar-refractivity contribution in [3.05, 3.63) is 70.6 Å². The van der Waals surface area contributed by atoms with E-state index in [-0.39, 0.29) is 40.7 Å². The number of rotatable bonds is 7. The first-order valence-electron chi connectivity index (χ1n) is 15.9. The zero-order valence-corrected chi connectivity index (χ0v) is 28.0. The van der Waals surface area contributed by atoms with Crippen molar-refractivity contribution in [3.63, 3.8) is 0 Å². The lowest BCUT2D eigenvalue weighted by molar-refractivity contribution is -0.149. The van der Waals surface area contributed by atoms with Crippen LogP contribution in [0.25, 0.3) is 10.1 Å². The average Bonchev–Trinajstić information content (AvgIpc) is 3.79. The predicted molar refractivity (Wildman–Crippen MR) is 174 cm³/mol. The Morgan fingerprint density at radius 3 is 2.48 bits per heavy atom. The van der Waals surface area contributed by atoms with Gasteiger partial charge in [0.05, 0.1) is 4.88 Å². The molecule has 4 heterocycles. The van der Waals surface area contributed by atoms with E-state index in [2.05, 4.69) is 5.32 Å². The van der Waals surface area contributed by atoms with Gasteiger partial charge < -0.3 is 29.8 Å². The first kappa shape index (κ1) is 34.2. The van der Waals surface area contributed by atoms with Crippen molar-refractivity contribution >= 4 is 52.6 Å². The van der Waals surface area contributed by atoms with Gasteiger partial charge in [-0.3, -0.25) is 23.7 Å². The summed E-state index contributed by atoms with van der Waals surface area (Å²) >= 11 is 0.964. The van der Waals surface area contributed by atoms with Crippen LogP contribution in [-0.2, 0) is 31.0 Å². The number of nitrogens with one attached hydrogen (secondary N) is 1. The van der Waals surface area contributed by atoms with Crippen LogP contribution in [0.1, 0.15) is 59.8 Å². The second-order valence-corrected chi connectivity index (χ2v) is 15.5. The van der Waals surface area contributed by atoms with E-state index in [0.717, 1.165) is 48.3 Å². The zero-order chi connectivity index (χ0) is 34.4. The number of amides is 4. The minimum atomic E-state index is -5.79. The molecule has 3 fully saturated rings. The van der Waals surface area contributed by atoms with E-state index in [1.807, 2.05) is 35.2 Å². The molecule has 3 aromatic rings. The van der Waals surface area contributed by atoms with E-state index < -0.39 is 42.7 Å². The van der Waals surface area contributed by atoms with E-state index in [1.165, 1.54) is 24.0 Å². The van der Waals surface area contributed by atoms with Gasteiger partial charge in [0.25, 0.3) is 5.91 Å². The van der Waals surface area contributed by atoms with Crippen molar-refractivity contribution < 1.29 is 42.3 Å². The Hall–Kier alpha value is -3.71. The molecule has 2 aromatic carbocycles. The van der Waals surface area contributed by atoms with Gasteiger partial charge >= 0.3 is 13.3 Å². The number of likely N-dealkylation sites (tertiary alicyclic amines) is 1. The molecule has 0 saturated carbocycles. The molecule has 0 spiro atoms. The van der Waals surface area contributed by atoms with Gasteiger partial charge in [-0.2, -0.15) is 8.78 Å². The fourth-order valence-electron chi connectivity index (χ4n) is 7.17. The molecule has 3 N–H and O–H groups in total. The maximum atomic E-state index is 14.4. The molecule has 0 unspecified atom stereocenters. The molecule has 4 atom stereocenters. The van der Waals surface area contributed by atoms with Crippen LogP contribution in [0.3, 0.4) is 0 Å². The third-order valence-electron chi connectivity index (χ3n) is 9.65. The standard InChI is InChI=1S/C33H37F2N4O7PS/c1-20(40)37-15-13-24-10-11-27(32(43)38-14-5-8-25(38)16-21-6-3-2-4-7-21)39(24)31(42)26(19-37)36-30(41)29-18-22-17-23(9-12-28(22)48-29)33(34,35)47(44,45)46/h2-4,6-7,9,12,17-18,24-27H,5,8,10-11,13-16,19H2,1H3,(H,36,41)(H2,44,45,46)/t24-,25+,26+,27+/m1/s1. The summed E-state index contributed by atoms with van der Waals surface area (Å²) in [4.78, 5) is 77.8. The van der Waals surface area contributed by atoms with Crippen molar-refractivity contribution in [1.82, 2.24) is 20.0 Å². The Balaban J connectivity index is 1.24. The molecule has 15 heteroatoms. The number of hydrogen-bond acceptors (Lipinski definition) is 6. The van der Waals surface area contributed by atoms with Crippen LogP contribution in [0, 0.1) is 0 Å². The molecule has 256 valence electrons. The highest BCUT2D eigenvalue weighted by Crippen LogP contribution is 2.59.